The van der Waals surface area contributed by atoms with Gasteiger partial charge in [-0.3, -0.25) is 0 Å². The lowest BCUT2D eigenvalue weighted by Gasteiger charge is -2.37. The van der Waals surface area contributed by atoms with Crippen molar-refractivity contribution in [1.29, 1.82) is 0 Å². The standard InChI is InChI=1S/C37H40N10O4/c1-3-28-4-6-29(7-5-28)37(24-45-26-38-25-39-45)50-23-34(51-37)22-49-33-14-12-31(13-15-33)44-20-18-43(19-21-44)30-8-10-32(11-9-30)46-27-40-47(35(46)48)17-16-36(2)41-42-36/h1,4-15,25-27,34,41-42H,16-24H2,2H3/t34-,37-/m1/s1. The van der Waals surface area contributed by atoms with Crippen molar-refractivity contribution in [2.75, 3.05) is 49.2 Å². The van der Waals surface area contributed by atoms with Crippen molar-refractivity contribution in [1.82, 2.24) is 40.0 Å². The van der Waals surface area contributed by atoms with Crippen LogP contribution in [0.3, 0.4) is 0 Å². The van der Waals surface area contributed by atoms with Crippen LogP contribution in [0.5, 0.6) is 5.75 Å². The lowest BCUT2D eigenvalue weighted by Crippen LogP contribution is -2.46. The van der Waals surface area contributed by atoms with Crippen molar-refractivity contribution in [3.63, 3.8) is 0 Å². The minimum atomic E-state index is -1.03. The summed E-state index contributed by atoms with van der Waals surface area (Å²) < 4.78 is 23.7. The number of nitrogens with one attached hydrogen (secondary N) is 2. The normalized spacial score (nSPS) is 21.1. The molecule has 262 valence electrons. The summed E-state index contributed by atoms with van der Waals surface area (Å²) in [6.07, 6.45) is 10.8. The summed E-state index contributed by atoms with van der Waals surface area (Å²) in [6, 6.07) is 23.9. The number of benzene rings is 3. The van der Waals surface area contributed by atoms with E-state index in [0.29, 0.717) is 26.3 Å². The number of piperazine rings is 1. The summed E-state index contributed by atoms with van der Waals surface area (Å²) in [5.74, 6) is 2.39. The van der Waals surface area contributed by atoms with Gasteiger partial charge in [0.05, 0.1) is 18.0 Å². The molecule has 0 amide bonds. The molecule has 3 aliphatic heterocycles. The Morgan fingerprint density at radius 1 is 0.902 bits per heavy atom. The second kappa shape index (κ2) is 13.7. The van der Waals surface area contributed by atoms with Crippen molar-refractivity contribution >= 4 is 11.4 Å². The molecule has 2 atom stereocenters. The molecule has 0 radical (unpaired) electrons. The van der Waals surface area contributed by atoms with E-state index in [2.05, 4.69) is 72.9 Å². The predicted octanol–water partition coefficient (Wildman–Crippen LogP) is 2.49. The lowest BCUT2D eigenvalue weighted by atomic mass is 10.0. The molecule has 0 saturated carbocycles. The fourth-order valence-corrected chi connectivity index (χ4v) is 6.54. The van der Waals surface area contributed by atoms with E-state index in [1.54, 1.807) is 21.9 Å². The second-order valence-electron chi connectivity index (χ2n) is 13.3. The maximum atomic E-state index is 12.9. The Hall–Kier alpha value is -5.46. The zero-order valence-electron chi connectivity index (χ0n) is 28.4. The molecule has 5 heterocycles. The van der Waals surface area contributed by atoms with Crippen molar-refractivity contribution in [3.05, 3.63) is 113 Å². The van der Waals surface area contributed by atoms with Gasteiger partial charge in [-0.05, 0) is 67.6 Å². The minimum absolute atomic E-state index is 0.109. The van der Waals surface area contributed by atoms with Gasteiger partial charge < -0.3 is 24.0 Å². The Morgan fingerprint density at radius 3 is 2.20 bits per heavy atom. The molecule has 3 aromatic carbocycles. The van der Waals surface area contributed by atoms with Crippen LogP contribution < -0.4 is 31.1 Å². The zero-order chi connectivity index (χ0) is 34.8. The molecule has 0 spiro atoms. The van der Waals surface area contributed by atoms with Gasteiger partial charge in [0.15, 0.2) is 0 Å². The van der Waals surface area contributed by atoms with Crippen LogP contribution in [-0.4, -0.2) is 80.3 Å². The van der Waals surface area contributed by atoms with Gasteiger partial charge in [0.2, 0.25) is 5.79 Å². The largest absolute Gasteiger partial charge is 0.491 e. The molecule has 0 unspecified atom stereocenters. The Kier molecular flexibility index (Phi) is 8.78. The number of anilines is 2. The average Bonchev–Trinajstić information content (AvgIpc) is 3.51. The third-order valence-corrected chi connectivity index (χ3v) is 9.71. The van der Waals surface area contributed by atoms with Gasteiger partial charge in [-0.1, -0.05) is 18.1 Å². The van der Waals surface area contributed by atoms with Crippen LogP contribution in [0.15, 0.2) is 96.6 Å². The molecular formula is C37H40N10O4. The van der Waals surface area contributed by atoms with Crippen molar-refractivity contribution < 1.29 is 14.2 Å². The summed E-state index contributed by atoms with van der Waals surface area (Å²) in [6.45, 7) is 7.20. The Labute approximate surface area is 295 Å². The number of hydrazine groups is 1. The van der Waals surface area contributed by atoms with E-state index in [4.69, 9.17) is 20.6 Å². The Bertz CT molecular complexity index is 2030. The summed E-state index contributed by atoms with van der Waals surface area (Å²) in [4.78, 5) is 21.7. The highest BCUT2D eigenvalue weighted by atomic mass is 16.8. The summed E-state index contributed by atoms with van der Waals surface area (Å²) >= 11 is 0. The van der Waals surface area contributed by atoms with Crippen molar-refractivity contribution in [2.45, 2.75) is 44.0 Å². The summed E-state index contributed by atoms with van der Waals surface area (Å²) in [5, 5.41) is 8.56. The highest BCUT2D eigenvalue weighted by molar-refractivity contribution is 5.54. The molecule has 2 N–H and O–H groups in total. The molecular weight excluding hydrogens is 648 g/mol. The predicted molar refractivity (Wildman–Crippen MR) is 190 cm³/mol. The van der Waals surface area contributed by atoms with E-state index in [0.717, 1.165) is 66.5 Å². The Morgan fingerprint density at radius 2 is 1.57 bits per heavy atom. The highest BCUT2D eigenvalue weighted by Gasteiger charge is 2.44. The maximum Gasteiger partial charge on any atom is 0.350 e. The molecule has 14 heteroatoms. The molecule has 51 heavy (non-hydrogen) atoms. The number of terminal acetylenes is 1. The number of hydrogen-bond donors (Lipinski definition) is 2. The molecule has 0 bridgehead atoms. The van der Waals surface area contributed by atoms with Gasteiger partial charge in [-0.15, -0.1) is 6.42 Å². The van der Waals surface area contributed by atoms with Crippen LogP contribution >= 0.6 is 0 Å². The first-order valence-electron chi connectivity index (χ1n) is 17.1. The zero-order valence-corrected chi connectivity index (χ0v) is 28.4. The van der Waals surface area contributed by atoms with Crippen LogP contribution in [0.2, 0.25) is 0 Å². The minimum Gasteiger partial charge on any atom is -0.491 e. The van der Waals surface area contributed by atoms with Gasteiger partial charge in [-0.25, -0.2) is 34.6 Å². The van der Waals surface area contributed by atoms with E-state index in [9.17, 15) is 4.79 Å². The third kappa shape index (κ3) is 7.10. The molecule has 2 aromatic heterocycles. The summed E-state index contributed by atoms with van der Waals surface area (Å²) in [7, 11) is 0. The first-order valence-corrected chi connectivity index (χ1v) is 17.1. The van der Waals surface area contributed by atoms with Crippen molar-refractivity contribution in [3.8, 4) is 23.8 Å². The smallest absolute Gasteiger partial charge is 0.350 e. The molecule has 3 fully saturated rings. The lowest BCUT2D eigenvalue weighted by molar-refractivity contribution is -0.190. The highest BCUT2D eigenvalue weighted by Crippen LogP contribution is 2.36. The van der Waals surface area contributed by atoms with E-state index < -0.39 is 5.79 Å². The quantitative estimate of drug-likeness (QED) is 0.147. The third-order valence-electron chi connectivity index (χ3n) is 9.71. The fourth-order valence-electron chi connectivity index (χ4n) is 6.54. The first kappa shape index (κ1) is 32.7. The van der Waals surface area contributed by atoms with Crippen LogP contribution in [0.1, 0.15) is 24.5 Å². The molecule has 3 aliphatic rings. The van der Waals surface area contributed by atoms with E-state index in [1.807, 2.05) is 48.5 Å². The van der Waals surface area contributed by atoms with Crippen LogP contribution in [0, 0.1) is 12.3 Å². The van der Waals surface area contributed by atoms with E-state index >= 15 is 0 Å². The number of aryl methyl sites for hydroxylation is 1. The number of ether oxygens (including phenoxy) is 3. The molecule has 0 aliphatic carbocycles. The maximum absolute atomic E-state index is 12.9. The molecule has 8 rings (SSSR count). The number of hydrogen-bond acceptors (Lipinski definition) is 11. The van der Waals surface area contributed by atoms with Crippen LogP contribution in [-0.2, 0) is 28.4 Å². The molecule has 3 saturated heterocycles. The van der Waals surface area contributed by atoms with Crippen molar-refractivity contribution in [2.24, 2.45) is 0 Å². The number of nitrogens with zero attached hydrogens (tertiary/aromatic N) is 8. The molecule has 5 aromatic rings. The van der Waals surface area contributed by atoms with E-state index in [-0.39, 0.29) is 17.5 Å². The first-order chi connectivity index (χ1) is 24.9. The average molecular weight is 689 g/mol. The second-order valence-corrected chi connectivity index (χ2v) is 13.3. The topological polar surface area (TPSA) is 149 Å². The number of aromatic nitrogens is 6. The van der Waals surface area contributed by atoms with Gasteiger partial charge in [0.1, 0.15) is 44.0 Å². The fraction of sp³-hybridized carbons (Fsp3) is 0.351. The summed E-state index contributed by atoms with van der Waals surface area (Å²) in [5.41, 5.74) is 10.7. The van der Waals surface area contributed by atoms with Gasteiger partial charge >= 0.3 is 5.69 Å². The van der Waals surface area contributed by atoms with Crippen LogP contribution in [0.25, 0.3) is 5.69 Å². The Balaban J connectivity index is 0.830. The van der Waals surface area contributed by atoms with Gasteiger partial charge in [0, 0.05) is 61.6 Å². The number of rotatable bonds is 12. The van der Waals surface area contributed by atoms with E-state index in [1.165, 1.54) is 11.0 Å². The van der Waals surface area contributed by atoms with Gasteiger partial charge in [-0.2, -0.15) is 10.2 Å². The molecule has 14 nitrogen and oxygen atoms in total. The van der Waals surface area contributed by atoms with Crippen LogP contribution in [0.4, 0.5) is 11.4 Å². The van der Waals surface area contributed by atoms with Gasteiger partial charge in [0.25, 0.3) is 0 Å². The SMILES string of the molecule is C#Cc1ccc([C@]2(Cn3cncn3)OC[C@@H](COc3ccc(N4CCN(c5ccc(-n6cnn(CCC7(C)NN7)c6=O)cc5)CC4)cc3)O2)cc1. The monoisotopic (exact) mass is 688 g/mol.